The second-order valence-electron chi connectivity index (χ2n) is 6.21. The zero-order chi connectivity index (χ0) is 19.1. The van der Waals surface area contributed by atoms with Gasteiger partial charge in [-0.3, -0.25) is 10.1 Å². The zero-order valence-electron chi connectivity index (χ0n) is 15.5. The Morgan fingerprint density at radius 1 is 1.19 bits per heavy atom. The highest BCUT2D eigenvalue weighted by Gasteiger charge is 2.04. The molecule has 0 aliphatic carbocycles. The summed E-state index contributed by atoms with van der Waals surface area (Å²) >= 11 is 0. The third-order valence-corrected chi connectivity index (χ3v) is 4.29. The molecule has 7 heteroatoms. The third-order valence-electron chi connectivity index (χ3n) is 4.29. The van der Waals surface area contributed by atoms with Crippen LogP contribution in [0.25, 0.3) is 11.4 Å². The van der Waals surface area contributed by atoms with E-state index < -0.39 is 0 Å². The number of guanidine groups is 1. The minimum Gasteiger partial charge on any atom is -0.356 e. The second kappa shape index (κ2) is 8.93. The molecule has 0 bridgehead atoms. The van der Waals surface area contributed by atoms with Gasteiger partial charge in [0.2, 0.25) is 0 Å². The molecule has 6 nitrogen and oxygen atoms in total. The Hall–Kier alpha value is -3.22. The average Bonchev–Trinajstić information content (AvgIpc) is 3.21. The van der Waals surface area contributed by atoms with Crippen molar-refractivity contribution in [3.05, 3.63) is 71.3 Å². The Bertz CT molecular complexity index is 905. The number of hydrogen-bond acceptors (Lipinski definition) is 3. The minimum absolute atomic E-state index is 0.200. The lowest BCUT2D eigenvalue weighted by atomic mass is 10.1. The van der Waals surface area contributed by atoms with Crippen molar-refractivity contribution < 1.29 is 4.39 Å². The summed E-state index contributed by atoms with van der Waals surface area (Å²) in [7, 11) is 1.74. The lowest BCUT2D eigenvalue weighted by Gasteiger charge is -2.13. The number of nitrogens with zero attached hydrogens (tertiary/aromatic N) is 3. The van der Waals surface area contributed by atoms with Gasteiger partial charge in [-0.25, -0.2) is 9.37 Å². The molecule has 1 aromatic heterocycles. The van der Waals surface area contributed by atoms with Gasteiger partial charge in [0.15, 0.2) is 11.8 Å². The number of nitrogens with one attached hydrogen (secondary N) is 3. The molecule has 3 rings (SSSR count). The van der Waals surface area contributed by atoms with E-state index in [1.807, 2.05) is 31.2 Å². The van der Waals surface area contributed by atoms with Crippen molar-refractivity contribution in [3.8, 4) is 11.4 Å². The average molecular weight is 366 g/mol. The first kappa shape index (κ1) is 18.6. The summed E-state index contributed by atoms with van der Waals surface area (Å²) in [5.74, 6) is 1.27. The smallest absolute Gasteiger partial charge is 0.191 e. The Morgan fingerprint density at radius 3 is 2.81 bits per heavy atom. The highest BCUT2D eigenvalue weighted by molar-refractivity contribution is 5.79. The van der Waals surface area contributed by atoms with E-state index in [4.69, 9.17) is 0 Å². The molecule has 0 saturated heterocycles. The van der Waals surface area contributed by atoms with Crippen LogP contribution in [-0.4, -0.2) is 34.7 Å². The van der Waals surface area contributed by atoms with Crippen molar-refractivity contribution >= 4 is 5.96 Å². The first-order chi connectivity index (χ1) is 13.2. The van der Waals surface area contributed by atoms with Crippen LogP contribution >= 0.6 is 0 Å². The van der Waals surface area contributed by atoms with Crippen LogP contribution < -0.4 is 10.6 Å². The van der Waals surface area contributed by atoms with E-state index in [0.717, 1.165) is 40.5 Å². The zero-order valence-corrected chi connectivity index (χ0v) is 15.5. The number of aliphatic imine (C=N–C) groups is 1. The Labute approximate surface area is 158 Å². The van der Waals surface area contributed by atoms with Crippen LogP contribution in [0.15, 0.2) is 53.8 Å². The molecule has 140 valence electrons. The first-order valence-corrected chi connectivity index (χ1v) is 8.80. The van der Waals surface area contributed by atoms with Gasteiger partial charge in [-0.2, -0.15) is 5.10 Å². The predicted octanol–water partition coefficient (Wildman–Crippen LogP) is 2.83. The summed E-state index contributed by atoms with van der Waals surface area (Å²) in [6, 6.07) is 13.0. The normalized spacial score (nSPS) is 11.4. The van der Waals surface area contributed by atoms with Crippen LogP contribution in [0, 0.1) is 12.7 Å². The number of aryl methyl sites for hydroxylation is 1. The SMILES string of the molecule is CN=C(NCCc1ccc(F)cc1C)NCc1cccc(-c2ncn[nH]2)c1. The molecule has 27 heavy (non-hydrogen) atoms. The third kappa shape index (κ3) is 5.13. The number of rotatable bonds is 6. The van der Waals surface area contributed by atoms with E-state index in [0.29, 0.717) is 13.1 Å². The van der Waals surface area contributed by atoms with Crippen molar-refractivity contribution in [3.63, 3.8) is 0 Å². The maximum atomic E-state index is 13.2. The number of aromatic nitrogens is 3. The summed E-state index contributed by atoms with van der Waals surface area (Å²) < 4.78 is 13.2. The van der Waals surface area contributed by atoms with Gasteiger partial charge in [-0.1, -0.05) is 24.3 Å². The van der Waals surface area contributed by atoms with Gasteiger partial charge in [0.25, 0.3) is 0 Å². The van der Waals surface area contributed by atoms with E-state index in [1.165, 1.54) is 12.4 Å². The van der Waals surface area contributed by atoms with Crippen molar-refractivity contribution in [2.24, 2.45) is 4.99 Å². The standard InChI is InChI=1S/C20H23FN6/c1-14-10-18(21)7-6-16(14)8-9-23-20(22-2)24-12-15-4-3-5-17(11-15)19-25-13-26-27-19/h3-7,10-11,13H,8-9,12H2,1-2H3,(H2,22,23,24)(H,25,26,27). The van der Waals surface area contributed by atoms with Crippen LogP contribution in [0.5, 0.6) is 0 Å². The molecular weight excluding hydrogens is 343 g/mol. The molecule has 0 atom stereocenters. The lowest BCUT2D eigenvalue weighted by molar-refractivity contribution is 0.625. The van der Waals surface area contributed by atoms with Crippen molar-refractivity contribution in [1.29, 1.82) is 0 Å². The summed E-state index contributed by atoms with van der Waals surface area (Å²) in [5, 5.41) is 13.3. The van der Waals surface area contributed by atoms with Gasteiger partial charge in [0, 0.05) is 25.7 Å². The largest absolute Gasteiger partial charge is 0.356 e. The monoisotopic (exact) mass is 366 g/mol. The van der Waals surface area contributed by atoms with Crippen LogP contribution in [-0.2, 0) is 13.0 Å². The van der Waals surface area contributed by atoms with Gasteiger partial charge in [0.1, 0.15) is 12.1 Å². The van der Waals surface area contributed by atoms with E-state index >= 15 is 0 Å². The Morgan fingerprint density at radius 2 is 2.07 bits per heavy atom. The number of benzene rings is 2. The molecular formula is C20H23FN6. The quantitative estimate of drug-likeness (QED) is 0.463. The summed E-state index contributed by atoms with van der Waals surface area (Å²) in [5.41, 5.74) is 4.19. The Balaban J connectivity index is 1.51. The fourth-order valence-electron chi connectivity index (χ4n) is 2.83. The molecule has 3 N–H and O–H groups in total. The van der Waals surface area contributed by atoms with E-state index in [-0.39, 0.29) is 5.82 Å². The number of H-pyrrole nitrogens is 1. The molecule has 0 unspecified atom stereocenters. The molecule has 1 heterocycles. The number of hydrogen-bond donors (Lipinski definition) is 3. The minimum atomic E-state index is -0.200. The van der Waals surface area contributed by atoms with Crippen molar-refractivity contribution in [2.45, 2.75) is 19.9 Å². The van der Waals surface area contributed by atoms with Gasteiger partial charge in [0.05, 0.1) is 0 Å². The molecule has 2 aromatic carbocycles. The molecule has 0 fully saturated rings. The topological polar surface area (TPSA) is 78.0 Å². The Kier molecular flexibility index (Phi) is 6.14. The number of halogens is 1. The van der Waals surface area contributed by atoms with Gasteiger partial charge in [-0.05, 0) is 48.2 Å². The van der Waals surface area contributed by atoms with Gasteiger partial charge in [-0.15, -0.1) is 0 Å². The van der Waals surface area contributed by atoms with E-state index in [1.54, 1.807) is 13.1 Å². The van der Waals surface area contributed by atoms with Crippen LogP contribution in [0.2, 0.25) is 0 Å². The fourth-order valence-corrected chi connectivity index (χ4v) is 2.83. The van der Waals surface area contributed by atoms with Crippen LogP contribution in [0.4, 0.5) is 4.39 Å². The number of aromatic amines is 1. The molecule has 0 aliphatic rings. The van der Waals surface area contributed by atoms with Crippen LogP contribution in [0.1, 0.15) is 16.7 Å². The molecule has 0 radical (unpaired) electrons. The highest BCUT2D eigenvalue weighted by Crippen LogP contribution is 2.15. The molecule has 0 saturated carbocycles. The van der Waals surface area contributed by atoms with Crippen LogP contribution in [0.3, 0.4) is 0 Å². The van der Waals surface area contributed by atoms with Gasteiger partial charge < -0.3 is 10.6 Å². The molecule has 0 spiro atoms. The first-order valence-electron chi connectivity index (χ1n) is 8.80. The maximum Gasteiger partial charge on any atom is 0.191 e. The second-order valence-corrected chi connectivity index (χ2v) is 6.21. The predicted molar refractivity (Wildman–Crippen MR) is 105 cm³/mol. The van der Waals surface area contributed by atoms with E-state index in [9.17, 15) is 4.39 Å². The summed E-state index contributed by atoms with van der Waals surface area (Å²) in [6.45, 7) is 3.27. The van der Waals surface area contributed by atoms with E-state index in [2.05, 4.69) is 36.9 Å². The molecule has 3 aromatic rings. The molecule has 0 amide bonds. The van der Waals surface area contributed by atoms with Crippen molar-refractivity contribution in [1.82, 2.24) is 25.8 Å². The lowest BCUT2D eigenvalue weighted by Crippen LogP contribution is -2.37. The maximum absolute atomic E-state index is 13.2. The molecule has 0 aliphatic heterocycles. The summed E-state index contributed by atoms with van der Waals surface area (Å²) in [6.07, 6.45) is 2.29. The van der Waals surface area contributed by atoms with Gasteiger partial charge >= 0.3 is 0 Å². The van der Waals surface area contributed by atoms with Crippen molar-refractivity contribution in [2.75, 3.05) is 13.6 Å². The highest BCUT2D eigenvalue weighted by atomic mass is 19.1. The summed E-state index contributed by atoms with van der Waals surface area (Å²) in [4.78, 5) is 8.42. The fraction of sp³-hybridized carbons (Fsp3) is 0.250.